The third kappa shape index (κ3) is 2.94. The monoisotopic (exact) mass is 325 g/mol. The predicted molar refractivity (Wildman–Crippen MR) is 89.6 cm³/mol. The largest absolute Gasteiger partial charge is 0.344 e. The number of fused-ring (bicyclic) bond motifs is 1. The number of rotatable bonds is 4. The van der Waals surface area contributed by atoms with Crippen LogP contribution in [0.2, 0.25) is 5.02 Å². The van der Waals surface area contributed by atoms with Crippen molar-refractivity contribution in [2.45, 2.75) is 18.9 Å². The van der Waals surface area contributed by atoms with Gasteiger partial charge in [0.1, 0.15) is 11.3 Å². The van der Waals surface area contributed by atoms with Crippen LogP contribution in [-0.4, -0.2) is 15.3 Å². The molecule has 1 aromatic carbocycles. The van der Waals surface area contributed by atoms with Gasteiger partial charge in [-0.15, -0.1) is 0 Å². The zero-order valence-corrected chi connectivity index (χ0v) is 13.2. The van der Waals surface area contributed by atoms with Gasteiger partial charge in [0.25, 0.3) is 5.91 Å². The Morgan fingerprint density at radius 3 is 2.70 bits per heavy atom. The van der Waals surface area contributed by atoms with Crippen LogP contribution in [0.5, 0.6) is 0 Å². The molecule has 0 spiro atoms. The number of imidazole rings is 1. The van der Waals surface area contributed by atoms with E-state index < -0.39 is 0 Å². The van der Waals surface area contributed by atoms with E-state index in [-0.39, 0.29) is 11.9 Å². The molecule has 1 saturated carbocycles. The third-order valence-corrected chi connectivity index (χ3v) is 4.46. The summed E-state index contributed by atoms with van der Waals surface area (Å²) in [5, 5.41) is 3.84. The molecule has 1 aliphatic rings. The molecular formula is C18H16ClN3O. The van der Waals surface area contributed by atoms with Crippen molar-refractivity contribution in [2.24, 2.45) is 5.92 Å². The number of carbonyl (C=O) groups excluding carboxylic acids is 1. The van der Waals surface area contributed by atoms with Crippen LogP contribution in [0.4, 0.5) is 0 Å². The van der Waals surface area contributed by atoms with Gasteiger partial charge in [0.05, 0.1) is 6.04 Å². The number of aromatic nitrogens is 2. The summed E-state index contributed by atoms with van der Waals surface area (Å²) in [6.45, 7) is 0. The highest BCUT2D eigenvalue weighted by Gasteiger charge is 2.33. The molecule has 0 radical (unpaired) electrons. The van der Waals surface area contributed by atoms with Crippen molar-refractivity contribution in [2.75, 3.05) is 0 Å². The van der Waals surface area contributed by atoms with Gasteiger partial charge in [-0.05, 0) is 48.6 Å². The quantitative estimate of drug-likeness (QED) is 0.791. The molecule has 1 fully saturated rings. The number of amides is 1. The van der Waals surface area contributed by atoms with E-state index in [1.165, 1.54) is 0 Å². The van der Waals surface area contributed by atoms with Gasteiger partial charge in [0.15, 0.2) is 0 Å². The average Bonchev–Trinajstić information content (AvgIpc) is 3.31. The van der Waals surface area contributed by atoms with Crippen molar-refractivity contribution in [1.82, 2.24) is 14.7 Å². The molecule has 2 aromatic heterocycles. The second-order valence-corrected chi connectivity index (χ2v) is 6.37. The Labute approximate surface area is 139 Å². The van der Waals surface area contributed by atoms with Gasteiger partial charge in [-0.2, -0.15) is 0 Å². The summed E-state index contributed by atoms with van der Waals surface area (Å²) < 4.78 is 1.85. The van der Waals surface area contributed by atoms with Crippen molar-refractivity contribution in [3.8, 4) is 0 Å². The zero-order valence-electron chi connectivity index (χ0n) is 12.4. The lowest BCUT2D eigenvalue weighted by molar-refractivity contribution is 0.0927. The smallest absolute Gasteiger partial charge is 0.271 e. The first-order valence-electron chi connectivity index (χ1n) is 7.71. The van der Waals surface area contributed by atoms with Crippen LogP contribution >= 0.6 is 11.6 Å². The number of carbonyl (C=O) groups is 1. The number of halogens is 1. The fourth-order valence-corrected chi connectivity index (χ4v) is 2.96. The van der Waals surface area contributed by atoms with Crippen molar-refractivity contribution in [3.63, 3.8) is 0 Å². The Hall–Kier alpha value is -2.33. The maximum absolute atomic E-state index is 12.6. The summed E-state index contributed by atoms with van der Waals surface area (Å²) in [5.41, 5.74) is 2.30. The molecule has 0 aliphatic heterocycles. The average molecular weight is 326 g/mol. The second kappa shape index (κ2) is 5.70. The summed E-state index contributed by atoms with van der Waals surface area (Å²) in [6.07, 6.45) is 5.92. The first-order valence-corrected chi connectivity index (χ1v) is 8.08. The first kappa shape index (κ1) is 14.3. The number of nitrogens with one attached hydrogen (secondary N) is 1. The number of benzene rings is 1. The second-order valence-electron chi connectivity index (χ2n) is 5.93. The predicted octanol–water partition coefficient (Wildman–Crippen LogP) is 3.87. The molecule has 4 rings (SSSR count). The lowest BCUT2D eigenvalue weighted by Crippen LogP contribution is -2.30. The summed E-state index contributed by atoms with van der Waals surface area (Å²) in [6, 6.07) is 13.4. The van der Waals surface area contributed by atoms with Crippen LogP contribution in [-0.2, 0) is 0 Å². The van der Waals surface area contributed by atoms with E-state index >= 15 is 0 Å². The van der Waals surface area contributed by atoms with E-state index in [0.717, 1.165) is 24.1 Å². The summed E-state index contributed by atoms with van der Waals surface area (Å²) >= 11 is 5.96. The minimum Gasteiger partial charge on any atom is -0.344 e. The molecule has 5 heteroatoms. The van der Waals surface area contributed by atoms with E-state index in [1.54, 1.807) is 6.20 Å². The molecule has 23 heavy (non-hydrogen) atoms. The molecule has 1 atom stereocenters. The molecule has 4 nitrogen and oxygen atoms in total. The molecule has 2 heterocycles. The van der Waals surface area contributed by atoms with Crippen molar-refractivity contribution in [3.05, 3.63) is 71.1 Å². The normalized spacial score (nSPS) is 15.5. The zero-order chi connectivity index (χ0) is 15.8. The molecule has 1 N–H and O–H groups in total. The highest BCUT2D eigenvalue weighted by molar-refractivity contribution is 6.30. The fourth-order valence-electron chi connectivity index (χ4n) is 2.83. The van der Waals surface area contributed by atoms with Gasteiger partial charge < -0.3 is 9.72 Å². The van der Waals surface area contributed by atoms with Gasteiger partial charge in [-0.3, -0.25) is 4.79 Å². The van der Waals surface area contributed by atoms with Crippen LogP contribution in [0, 0.1) is 5.92 Å². The third-order valence-electron chi connectivity index (χ3n) is 4.21. The number of pyridine rings is 1. The molecular weight excluding hydrogens is 310 g/mol. The van der Waals surface area contributed by atoms with Gasteiger partial charge >= 0.3 is 0 Å². The van der Waals surface area contributed by atoms with E-state index in [9.17, 15) is 4.79 Å². The Kier molecular flexibility index (Phi) is 3.54. The van der Waals surface area contributed by atoms with E-state index in [2.05, 4.69) is 10.3 Å². The summed E-state index contributed by atoms with van der Waals surface area (Å²) in [4.78, 5) is 17.0. The van der Waals surface area contributed by atoms with Crippen LogP contribution < -0.4 is 5.32 Å². The van der Waals surface area contributed by atoms with E-state index in [1.807, 2.05) is 53.1 Å². The van der Waals surface area contributed by atoms with E-state index in [4.69, 9.17) is 11.6 Å². The lowest BCUT2D eigenvalue weighted by Gasteiger charge is -2.18. The molecule has 0 unspecified atom stereocenters. The SMILES string of the molecule is O=C(N[C@H](c1ccc(Cl)cc1)C1CC1)c1cn2ccccc2n1. The van der Waals surface area contributed by atoms with Crippen LogP contribution in [0.3, 0.4) is 0 Å². The summed E-state index contributed by atoms with van der Waals surface area (Å²) in [7, 11) is 0. The Morgan fingerprint density at radius 1 is 1.22 bits per heavy atom. The molecule has 0 saturated heterocycles. The first-order chi connectivity index (χ1) is 11.2. The molecule has 1 amide bonds. The molecule has 1 aliphatic carbocycles. The minimum atomic E-state index is -0.138. The Bertz CT molecular complexity index is 819. The van der Waals surface area contributed by atoms with E-state index in [0.29, 0.717) is 16.6 Å². The topological polar surface area (TPSA) is 46.4 Å². The minimum absolute atomic E-state index is 0.0181. The van der Waals surface area contributed by atoms with Gasteiger partial charge in [0, 0.05) is 17.4 Å². The number of hydrogen-bond donors (Lipinski definition) is 1. The summed E-state index contributed by atoms with van der Waals surface area (Å²) in [5.74, 6) is 0.359. The van der Waals surface area contributed by atoms with Gasteiger partial charge in [-0.25, -0.2) is 4.98 Å². The number of nitrogens with zero attached hydrogens (tertiary/aromatic N) is 2. The Balaban J connectivity index is 1.58. The molecule has 3 aromatic rings. The fraction of sp³-hybridized carbons (Fsp3) is 0.222. The van der Waals surface area contributed by atoms with Crippen molar-refractivity contribution >= 4 is 23.2 Å². The number of hydrogen-bond acceptors (Lipinski definition) is 2. The highest BCUT2D eigenvalue weighted by Crippen LogP contribution is 2.41. The standard InChI is InChI=1S/C18H16ClN3O/c19-14-8-6-13(7-9-14)17(12-4-5-12)21-18(23)15-11-22-10-2-1-3-16(22)20-15/h1-3,6-12,17H,4-5H2,(H,21,23)/t17-/m0/s1. The van der Waals surface area contributed by atoms with Crippen molar-refractivity contribution in [1.29, 1.82) is 0 Å². The molecule has 116 valence electrons. The molecule has 0 bridgehead atoms. The maximum Gasteiger partial charge on any atom is 0.271 e. The lowest BCUT2D eigenvalue weighted by atomic mass is 10.0. The van der Waals surface area contributed by atoms with Gasteiger partial charge in [0.2, 0.25) is 0 Å². The van der Waals surface area contributed by atoms with Gasteiger partial charge in [-0.1, -0.05) is 29.8 Å². The van der Waals surface area contributed by atoms with Crippen LogP contribution in [0.15, 0.2) is 54.9 Å². The highest BCUT2D eigenvalue weighted by atomic mass is 35.5. The van der Waals surface area contributed by atoms with Crippen LogP contribution in [0.25, 0.3) is 5.65 Å². The van der Waals surface area contributed by atoms with Crippen LogP contribution in [0.1, 0.15) is 34.9 Å². The Morgan fingerprint density at radius 2 is 2.00 bits per heavy atom. The maximum atomic E-state index is 12.6. The van der Waals surface area contributed by atoms with Crippen molar-refractivity contribution < 1.29 is 4.79 Å².